The molecule has 0 aliphatic rings. The lowest BCUT2D eigenvalue weighted by atomic mass is 10.0. The summed E-state index contributed by atoms with van der Waals surface area (Å²) in [5, 5.41) is 6.02. The Morgan fingerprint density at radius 1 is 0.459 bits per heavy atom. The maximum absolute atomic E-state index is 12.9. The van der Waals surface area contributed by atoms with Crippen LogP contribution in [0.4, 0.5) is 11.4 Å². The standard InChI is InChI=1S/C52H97N3O6/c1-6-10-13-16-21-28-36-45(9-4)60-47(56)39-31-24-19-26-33-42-55(44-35-41-54-50-49(53-5)51(58)52(50)59)43-34-27-20-25-32-40-48(57)61-46(37-29-22-17-14-11-7-2)38-30-23-18-15-12-8-3/h45-46,53-54H,6-44H2,1-5H3/t45-/m0/s1. The van der Waals surface area contributed by atoms with E-state index in [1.807, 2.05) is 0 Å². The fourth-order valence-corrected chi connectivity index (χ4v) is 8.48. The zero-order valence-electron chi connectivity index (χ0n) is 40.6. The molecule has 0 aromatic heterocycles. The number of nitrogens with zero attached hydrogens (tertiary/aromatic N) is 1. The van der Waals surface area contributed by atoms with E-state index in [0.717, 1.165) is 135 Å². The highest BCUT2D eigenvalue weighted by molar-refractivity contribution is 5.73. The molecule has 9 nitrogen and oxygen atoms in total. The Kier molecular flexibility index (Phi) is 37.4. The van der Waals surface area contributed by atoms with Crippen LogP contribution in [-0.4, -0.2) is 62.3 Å². The van der Waals surface area contributed by atoms with Crippen molar-refractivity contribution in [3.8, 4) is 0 Å². The smallest absolute Gasteiger partial charge is 0.306 e. The molecule has 0 saturated heterocycles. The molecule has 0 heterocycles. The molecule has 0 aliphatic heterocycles. The molecule has 0 radical (unpaired) electrons. The summed E-state index contributed by atoms with van der Waals surface area (Å²) in [5.41, 5.74) is -0.0590. The highest BCUT2D eigenvalue weighted by Gasteiger charge is 2.19. The van der Waals surface area contributed by atoms with Crippen LogP contribution in [0.25, 0.3) is 0 Å². The summed E-state index contributed by atoms with van der Waals surface area (Å²) < 4.78 is 11.9. The van der Waals surface area contributed by atoms with E-state index in [0.29, 0.717) is 30.8 Å². The predicted molar refractivity (Wildman–Crippen MR) is 260 cm³/mol. The summed E-state index contributed by atoms with van der Waals surface area (Å²) in [6.07, 6.45) is 39.5. The lowest BCUT2D eigenvalue weighted by Crippen LogP contribution is -2.37. The number of esters is 2. The summed E-state index contributed by atoms with van der Waals surface area (Å²) in [6, 6.07) is 0. The molecule has 1 rings (SSSR count). The first-order valence-corrected chi connectivity index (χ1v) is 26.2. The van der Waals surface area contributed by atoms with Gasteiger partial charge < -0.3 is 25.0 Å². The van der Waals surface area contributed by atoms with Gasteiger partial charge in [-0.1, -0.05) is 163 Å². The molecular weight excluding hydrogens is 763 g/mol. The Hall–Kier alpha value is -2.42. The molecule has 61 heavy (non-hydrogen) atoms. The van der Waals surface area contributed by atoms with E-state index in [1.54, 1.807) is 7.05 Å². The highest BCUT2D eigenvalue weighted by atomic mass is 16.5. The van der Waals surface area contributed by atoms with Crippen LogP contribution in [0.5, 0.6) is 0 Å². The molecule has 1 atom stereocenters. The van der Waals surface area contributed by atoms with Crippen LogP contribution in [0.2, 0.25) is 0 Å². The number of carbonyl (C=O) groups is 2. The lowest BCUT2D eigenvalue weighted by molar-refractivity contribution is -0.150. The third kappa shape index (κ3) is 30.3. The fourth-order valence-electron chi connectivity index (χ4n) is 8.48. The molecular formula is C52H97N3O6. The maximum Gasteiger partial charge on any atom is 0.306 e. The second-order valence-corrected chi connectivity index (χ2v) is 18.1. The molecule has 0 bridgehead atoms. The van der Waals surface area contributed by atoms with Crippen molar-refractivity contribution >= 4 is 23.3 Å². The molecule has 0 saturated carbocycles. The Bertz CT molecular complexity index is 1230. The van der Waals surface area contributed by atoms with Crippen molar-refractivity contribution in [3.05, 3.63) is 20.4 Å². The minimum atomic E-state index is -0.440. The highest BCUT2D eigenvalue weighted by Crippen LogP contribution is 2.19. The molecule has 1 aromatic rings. The zero-order chi connectivity index (χ0) is 44.6. The van der Waals surface area contributed by atoms with Gasteiger partial charge in [-0.25, -0.2) is 0 Å². The van der Waals surface area contributed by atoms with Crippen LogP contribution in [-0.2, 0) is 19.1 Å². The Balaban J connectivity index is 2.41. The van der Waals surface area contributed by atoms with Gasteiger partial charge in [0, 0.05) is 26.4 Å². The van der Waals surface area contributed by atoms with Crippen LogP contribution in [0.15, 0.2) is 9.59 Å². The predicted octanol–water partition coefficient (Wildman–Crippen LogP) is 13.6. The number of hydrogen-bond donors (Lipinski definition) is 2. The van der Waals surface area contributed by atoms with E-state index in [9.17, 15) is 19.2 Å². The second kappa shape index (κ2) is 40.4. The Labute approximate surface area is 375 Å². The van der Waals surface area contributed by atoms with Crippen molar-refractivity contribution in [2.45, 2.75) is 265 Å². The topological polar surface area (TPSA) is 114 Å². The fraction of sp³-hybridized carbons (Fsp3) is 0.885. The summed E-state index contributed by atoms with van der Waals surface area (Å²) in [7, 11) is 1.67. The lowest BCUT2D eigenvalue weighted by Gasteiger charge is -2.23. The van der Waals surface area contributed by atoms with E-state index >= 15 is 0 Å². The average molecular weight is 860 g/mol. The first-order valence-electron chi connectivity index (χ1n) is 26.2. The van der Waals surface area contributed by atoms with Gasteiger partial charge in [-0.05, 0) is 96.7 Å². The number of unbranched alkanes of at least 4 members (excludes halogenated alkanes) is 23. The quantitative estimate of drug-likeness (QED) is 0.0376. The van der Waals surface area contributed by atoms with Crippen LogP contribution < -0.4 is 21.5 Å². The third-order valence-corrected chi connectivity index (χ3v) is 12.5. The van der Waals surface area contributed by atoms with Gasteiger partial charge >= 0.3 is 11.9 Å². The number of anilines is 2. The molecule has 0 aliphatic carbocycles. The van der Waals surface area contributed by atoms with Crippen LogP contribution in [0.3, 0.4) is 0 Å². The summed E-state index contributed by atoms with van der Waals surface area (Å²) in [6.45, 7) is 12.5. The number of hydrogen-bond acceptors (Lipinski definition) is 9. The van der Waals surface area contributed by atoms with Gasteiger partial charge in [0.05, 0.1) is 0 Å². The minimum absolute atomic E-state index is 0.00353. The number of ether oxygens (including phenoxy) is 2. The van der Waals surface area contributed by atoms with E-state index < -0.39 is 10.9 Å². The van der Waals surface area contributed by atoms with E-state index in [4.69, 9.17) is 9.47 Å². The van der Waals surface area contributed by atoms with Crippen molar-refractivity contribution in [2.24, 2.45) is 0 Å². The molecule has 0 unspecified atom stereocenters. The van der Waals surface area contributed by atoms with Crippen LogP contribution >= 0.6 is 0 Å². The van der Waals surface area contributed by atoms with Crippen molar-refractivity contribution in [3.63, 3.8) is 0 Å². The van der Waals surface area contributed by atoms with Crippen LogP contribution in [0.1, 0.15) is 252 Å². The van der Waals surface area contributed by atoms with Crippen molar-refractivity contribution in [1.82, 2.24) is 4.90 Å². The normalized spacial score (nSPS) is 12.1. The van der Waals surface area contributed by atoms with Gasteiger partial charge in [-0.3, -0.25) is 19.2 Å². The van der Waals surface area contributed by atoms with Gasteiger partial charge in [0.1, 0.15) is 23.6 Å². The SMILES string of the molecule is CCCCCCCCC(CCCCCCCC)OC(=O)CCCCCCCN(CCCCCCCC(=O)O[C@@H](CC)CCCCCCCC)CCCNc1c(NC)c(=O)c1=O. The third-order valence-electron chi connectivity index (χ3n) is 12.5. The molecule has 0 spiro atoms. The van der Waals surface area contributed by atoms with Gasteiger partial charge in [0.25, 0.3) is 10.9 Å². The molecule has 1 aromatic carbocycles. The summed E-state index contributed by atoms with van der Waals surface area (Å²) in [4.78, 5) is 51.7. The molecule has 0 fully saturated rings. The molecule has 0 amide bonds. The largest absolute Gasteiger partial charge is 0.462 e. The van der Waals surface area contributed by atoms with Crippen LogP contribution in [0, 0.1) is 0 Å². The molecule has 356 valence electrons. The summed E-state index contributed by atoms with van der Waals surface area (Å²) in [5.74, 6) is -0.0365. The molecule has 9 heteroatoms. The number of carbonyl (C=O) groups excluding carboxylic acids is 2. The van der Waals surface area contributed by atoms with Crippen molar-refractivity contribution < 1.29 is 19.1 Å². The first kappa shape index (κ1) is 56.6. The maximum atomic E-state index is 12.9. The first-order chi connectivity index (χ1) is 29.8. The van der Waals surface area contributed by atoms with Gasteiger partial charge in [0.15, 0.2) is 0 Å². The number of nitrogens with one attached hydrogen (secondary N) is 2. The average Bonchev–Trinajstić information content (AvgIpc) is 3.26. The van der Waals surface area contributed by atoms with Crippen molar-refractivity contribution in [2.75, 3.05) is 43.9 Å². The van der Waals surface area contributed by atoms with E-state index in [1.165, 1.54) is 96.3 Å². The second-order valence-electron chi connectivity index (χ2n) is 18.1. The Morgan fingerprint density at radius 3 is 1.26 bits per heavy atom. The summed E-state index contributed by atoms with van der Waals surface area (Å²) >= 11 is 0. The van der Waals surface area contributed by atoms with Gasteiger partial charge in [0.2, 0.25) is 0 Å². The van der Waals surface area contributed by atoms with Gasteiger partial charge in [-0.2, -0.15) is 0 Å². The minimum Gasteiger partial charge on any atom is -0.462 e. The van der Waals surface area contributed by atoms with E-state index in [-0.39, 0.29) is 24.1 Å². The van der Waals surface area contributed by atoms with E-state index in [2.05, 4.69) is 43.2 Å². The zero-order valence-corrected chi connectivity index (χ0v) is 40.6. The monoisotopic (exact) mass is 860 g/mol. The van der Waals surface area contributed by atoms with Crippen molar-refractivity contribution in [1.29, 1.82) is 0 Å². The number of rotatable bonds is 46. The molecule has 2 N–H and O–H groups in total. The Morgan fingerprint density at radius 2 is 0.820 bits per heavy atom. The van der Waals surface area contributed by atoms with Gasteiger partial charge in [-0.15, -0.1) is 0 Å².